The highest BCUT2D eigenvalue weighted by Gasteiger charge is 2.38. The predicted molar refractivity (Wildman–Crippen MR) is 78.6 cm³/mol. The summed E-state index contributed by atoms with van der Waals surface area (Å²) >= 11 is 3.32. The second kappa shape index (κ2) is 6.44. The number of rotatable bonds is 5. The van der Waals surface area contributed by atoms with E-state index in [2.05, 4.69) is 21.2 Å². The minimum Gasteiger partial charge on any atom is -0.496 e. The van der Waals surface area contributed by atoms with Crippen molar-refractivity contribution in [3.63, 3.8) is 0 Å². The zero-order valence-corrected chi connectivity index (χ0v) is 13.1. The molecule has 1 aromatic rings. The minimum atomic E-state index is -0.961. The summed E-state index contributed by atoms with van der Waals surface area (Å²) in [5, 5.41) is 11.8. The predicted octanol–water partition coefficient (Wildman–Crippen LogP) is 1.82. The van der Waals surface area contributed by atoms with Crippen LogP contribution in [0.2, 0.25) is 0 Å². The number of halogens is 1. The van der Waals surface area contributed by atoms with E-state index in [1.165, 1.54) is 7.11 Å². The Kier molecular flexibility index (Phi) is 4.84. The maximum Gasteiger partial charge on any atom is 0.305 e. The van der Waals surface area contributed by atoms with Crippen LogP contribution < -0.4 is 10.1 Å². The van der Waals surface area contributed by atoms with Crippen LogP contribution in [-0.2, 0) is 9.53 Å². The SMILES string of the molecule is COc1ccc(C(=O)NC2(CC(=O)O)CCOC2)cc1Br. The van der Waals surface area contributed by atoms with Crippen LogP contribution in [0.1, 0.15) is 23.2 Å². The summed E-state index contributed by atoms with van der Waals surface area (Å²) in [7, 11) is 1.54. The van der Waals surface area contributed by atoms with E-state index in [-0.39, 0.29) is 18.9 Å². The van der Waals surface area contributed by atoms with Gasteiger partial charge in [-0.25, -0.2) is 0 Å². The Hall–Kier alpha value is -1.60. The van der Waals surface area contributed by atoms with Gasteiger partial charge in [-0.3, -0.25) is 9.59 Å². The summed E-state index contributed by atoms with van der Waals surface area (Å²) in [4.78, 5) is 23.3. The van der Waals surface area contributed by atoms with Gasteiger partial charge in [-0.15, -0.1) is 0 Å². The Labute approximate surface area is 130 Å². The first-order chi connectivity index (χ1) is 9.96. The van der Waals surface area contributed by atoms with Crippen LogP contribution in [0.25, 0.3) is 0 Å². The van der Waals surface area contributed by atoms with Crippen LogP contribution in [-0.4, -0.2) is 42.8 Å². The number of carboxylic acids is 1. The highest BCUT2D eigenvalue weighted by atomic mass is 79.9. The normalized spacial score (nSPS) is 21.0. The number of carbonyl (C=O) groups is 2. The molecule has 1 aromatic carbocycles. The van der Waals surface area contributed by atoms with E-state index in [0.717, 1.165) is 0 Å². The monoisotopic (exact) mass is 357 g/mol. The molecule has 0 spiro atoms. The molecule has 0 aliphatic carbocycles. The quantitative estimate of drug-likeness (QED) is 0.839. The van der Waals surface area contributed by atoms with Gasteiger partial charge in [0.25, 0.3) is 5.91 Å². The zero-order chi connectivity index (χ0) is 15.5. The first kappa shape index (κ1) is 15.8. The topological polar surface area (TPSA) is 84.9 Å². The molecule has 21 heavy (non-hydrogen) atoms. The molecular formula is C14H16BrNO5. The lowest BCUT2D eigenvalue weighted by molar-refractivity contribution is -0.138. The molecule has 2 N–H and O–H groups in total. The van der Waals surface area contributed by atoms with Crippen LogP contribution in [0.3, 0.4) is 0 Å². The molecule has 1 aliphatic heterocycles. The molecule has 1 saturated heterocycles. The Bertz CT molecular complexity index is 554. The smallest absolute Gasteiger partial charge is 0.305 e. The van der Waals surface area contributed by atoms with Gasteiger partial charge in [0, 0.05) is 12.2 Å². The molecule has 0 saturated carbocycles. The molecule has 2 rings (SSSR count). The number of carbonyl (C=O) groups excluding carboxylic acids is 1. The molecule has 1 unspecified atom stereocenters. The Balaban J connectivity index is 2.15. The fraction of sp³-hybridized carbons (Fsp3) is 0.429. The number of aliphatic carboxylic acids is 1. The van der Waals surface area contributed by atoms with E-state index in [4.69, 9.17) is 14.6 Å². The number of carboxylic acid groups (broad SMARTS) is 1. The summed E-state index contributed by atoms with van der Waals surface area (Å²) in [6, 6.07) is 4.94. The zero-order valence-electron chi connectivity index (χ0n) is 11.5. The number of nitrogens with one attached hydrogen (secondary N) is 1. The molecular weight excluding hydrogens is 342 g/mol. The van der Waals surface area contributed by atoms with Crippen molar-refractivity contribution in [3.05, 3.63) is 28.2 Å². The number of hydrogen-bond donors (Lipinski definition) is 2. The maximum atomic E-state index is 12.3. The van der Waals surface area contributed by atoms with Gasteiger partial charge in [0.15, 0.2) is 0 Å². The Morgan fingerprint density at radius 3 is 2.81 bits per heavy atom. The van der Waals surface area contributed by atoms with Crippen LogP contribution in [0, 0.1) is 0 Å². The van der Waals surface area contributed by atoms with Crippen molar-refractivity contribution in [2.24, 2.45) is 0 Å². The number of ether oxygens (including phenoxy) is 2. The van der Waals surface area contributed by atoms with Gasteiger partial charge in [0.05, 0.1) is 30.1 Å². The summed E-state index contributed by atoms with van der Waals surface area (Å²) in [6.45, 7) is 0.655. The average Bonchev–Trinajstić information content (AvgIpc) is 2.85. The molecule has 0 bridgehead atoms. The standard InChI is InChI=1S/C14H16BrNO5/c1-20-11-3-2-9(6-10(11)15)13(19)16-14(7-12(17)18)4-5-21-8-14/h2-3,6H,4-5,7-8H2,1H3,(H,16,19)(H,17,18). The largest absolute Gasteiger partial charge is 0.496 e. The van der Waals surface area contributed by atoms with Gasteiger partial charge >= 0.3 is 5.97 Å². The first-order valence-corrected chi connectivity index (χ1v) is 7.21. The van der Waals surface area contributed by atoms with Gasteiger partial charge in [-0.1, -0.05) is 0 Å². The van der Waals surface area contributed by atoms with E-state index in [9.17, 15) is 9.59 Å². The molecule has 1 amide bonds. The minimum absolute atomic E-state index is 0.157. The van der Waals surface area contributed by atoms with Gasteiger partial charge in [-0.2, -0.15) is 0 Å². The molecule has 1 heterocycles. The average molecular weight is 358 g/mol. The summed E-state index contributed by atoms with van der Waals surface area (Å²) in [5.41, 5.74) is -0.408. The Morgan fingerprint density at radius 1 is 1.52 bits per heavy atom. The van der Waals surface area contributed by atoms with Gasteiger partial charge < -0.3 is 19.9 Å². The molecule has 0 aromatic heterocycles. The number of hydrogen-bond acceptors (Lipinski definition) is 4. The third kappa shape index (κ3) is 3.74. The molecule has 7 heteroatoms. The van der Waals surface area contributed by atoms with Crippen molar-refractivity contribution in [3.8, 4) is 5.75 Å². The van der Waals surface area contributed by atoms with Crippen molar-refractivity contribution in [1.29, 1.82) is 0 Å². The fourth-order valence-corrected chi connectivity index (χ4v) is 2.84. The molecule has 1 atom stereocenters. The van der Waals surface area contributed by atoms with E-state index in [1.807, 2.05) is 0 Å². The number of amides is 1. The number of methoxy groups -OCH3 is 1. The molecule has 114 valence electrons. The van der Waals surface area contributed by atoms with E-state index in [0.29, 0.717) is 28.8 Å². The van der Waals surface area contributed by atoms with Crippen molar-refractivity contribution in [2.45, 2.75) is 18.4 Å². The van der Waals surface area contributed by atoms with E-state index >= 15 is 0 Å². The van der Waals surface area contributed by atoms with Gasteiger partial charge in [0.1, 0.15) is 5.75 Å². The van der Waals surface area contributed by atoms with Crippen molar-refractivity contribution in [1.82, 2.24) is 5.32 Å². The summed E-state index contributed by atoms with van der Waals surface area (Å²) < 4.78 is 11.0. The second-order valence-electron chi connectivity index (χ2n) is 4.96. The maximum absolute atomic E-state index is 12.3. The third-order valence-corrected chi connectivity index (χ3v) is 4.01. The van der Waals surface area contributed by atoms with Crippen molar-refractivity contribution in [2.75, 3.05) is 20.3 Å². The van der Waals surface area contributed by atoms with Gasteiger partial charge in [0.2, 0.25) is 0 Å². The van der Waals surface area contributed by atoms with Gasteiger partial charge in [-0.05, 0) is 40.5 Å². The molecule has 1 aliphatic rings. The molecule has 1 fully saturated rings. The second-order valence-corrected chi connectivity index (χ2v) is 5.81. The van der Waals surface area contributed by atoms with Crippen LogP contribution in [0.4, 0.5) is 0 Å². The van der Waals surface area contributed by atoms with Crippen LogP contribution in [0.15, 0.2) is 22.7 Å². The van der Waals surface area contributed by atoms with E-state index in [1.54, 1.807) is 18.2 Å². The first-order valence-electron chi connectivity index (χ1n) is 6.41. The fourth-order valence-electron chi connectivity index (χ4n) is 2.30. The lowest BCUT2D eigenvalue weighted by atomic mass is 9.93. The summed E-state index contributed by atoms with van der Waals surface area (Å²) in [6.07, 6.45) is 0.332. The van der Waals surface area contributed by atoms with E-state index < -0.39 is 11.5 Å². The Morgan fingerprint density at radius 2 is 2.29 bits per heavy atom. The number of benzene rings is 1. The van der Waals surface area contributed by atoms with Crippen molar-refractivity contribution < 1.29 is 24.2 Å². The van der Waals surface area contributed by atoms with Crippen LogP contribution in [0.5, 0.6) is 5.75 Å². The van der Waals surface area contributed by atoms with Crippen molar-refractivity contribution >= 4 is 27.8 Å². The molecule has 6 nitrogen and oxygen atoms in total. The third-order valence-electron chi connectivity index (χ3n) is 3.39. The van der Waals surface area contributed by atoms with Crippen LogP contribution >= 0.6 is 15.9 Å². The summed E-state index contributed by atoms with van der Waals surface area (Å²) in [5.74, 6) is -0.669. The highest BCUT2D eigenvalue weighted by molar-refractivity contribution is 9.10. The lowest BCUT2D eigenvalue weighted by Gasteiger charge is -2.27. The lowest BCUT2D eigenvalue weighted by Crippen LogP contribution is -2.50. The highest BCUT2D eigenvalue weighted by Crippen LogP contribution is 2.27. The molecule has 0 radical (unpaired) electrons.